The summed E-state index contributed by atoms with van der Waals surface area (Å²) in [6, 6.07) is 1.77. The minimum absolute atomic E-state index is 0.342. The average Bonchev–Trinajstić information content (AvgIpc) is 2.28. The maximum atomic E-state index is 5.64. The second-order valence-corrected chi connectivity index (χ2v) is 3.60. The maximum absolute atomic E-state index is 5.64. The van der Waals surface area contributed by atoms with Gasteiger partial charge >= 0.3 is 0 Å². The lowest BCUT2D eigenvalue weighted by atomic mass is 10.1. The predicted molar refractivity (Wildman–Crippen MR) is 61.7 cm³/mol. The molecule has 1 aromatic rings. The molecule has 0 atom stereocenters. The first-order valence-corrected chi connectivity index (χ1v) is 5.16. The number of rotatable bonds is 4. The lowest BCUT2D eigenvalue weighted by Gasteiger charge is -2.15. The van der Waals surface area contributed by atoms with Crippen LogP contribution in [0.1, 0.15) is 5.56 Å². The monoisotopic (exact) mass is 275 g/mol. The molecule has 5 heteroatoms. The number of methoxy groups -OCH3 is 3. The van der Waals surface area contributed by atoms with Crippen LogP contribution in [0.4, 0.5) is 0 Å². The molecule has 1 rings (SSSR count). The van der Waals surface area contributed by atoms with Gasteiger partial charge < -0.3 is 19.9 Å². The molecule has 84 valence electrons. The molecular weight excluding hydrogens is 262 g/mol. The summed E-state index contributed by atoms with van der Waals surface area (Å²) in [5.74, 6) is 1.96. The minimum atomic E-state index is 0.342. The van der Waals surface area contributed by atoms with Gasteiger partial charge in [0.2, 0.25) is 0 Å². The maximum Gasteiger partial charge on any atom is 0.145 e. The molecule has 1 aromatic carbocycles. The highest BCUT2D eigenvalue weighted by Crippen LogP contribution is 2.42. The van der Waals surface area contributed by atoms with E-state index < -0.39 is 0 Å². The highest BCUT2D eigenvalue weighted by molar-refractivity contribution is 9.10. The Morgan fingerprint density at radius 2 is 1.73 bits per heavy atom. The first kappa shape index (κ1) is 12.1. The zero-order valence-electron chi connectivity index (χ0n) is 8.96. The van der Waals surface area contributed by atoms with E-state index in [2.05, 4.69) is 15.9 Å². The summed E-state index contributed by atoms with van der Waals surface area (Å²) in [4.78, 5) is 0. The molecule has 0 aliphatic carbocycles. The van der Waals surface area contributed by atoms with Gasteiger partial charge in [0.25, 0.3) is 0 Å². The summed E-state index contributed by atoms with van der Waals surface area (Å²) in [6.45, 7) is 0.342. The lowest BCUT2D eigenvalue weighted by molar-refractivity contribution is 0.365. The van der Waals surface area contributed by atoms with Crippen LogP contribution in [0.15, 0.2) is 10.5 Å². The molecule has 0 bridgehead atoms. The molecule has 0 spiro atoms. The van der Waals surface area contributed by atoms with Crippen molar-refractivity contribution in [3.63, 3.8) is 0 Å². The van der Waals surface area contributed by atoms with E-state index >= 15 is 0 Å². The Morgan fingerprint density at radius 3 is 2.13 bits per heavy atom. The second kappa shape index (κ2) is 5.23. The van der Waals surface area contributed by atoms with Crippen molar-refractivity contribution in [1.82, 2.24) is 0 Å². The molecule has 0 amide bonds. The quantitative estimate of drug-likeness (QED) is 0.913. The molecule has 0 aliphatic heterocycles. The molecule has 0 saturated carbocycles. The van der Waals surface area contributed by atoms with Gasteiger partial charge in [0.15, 0.2) is 0 Å². The van der Waals surface area contributed by atoms with Gasteiger partial charge in [-0.3, -0.25) is 0 Å². The van der Waals surface area contributed by atoms with E-state index in [4.69, 9.17) is 19.9 Å². The number of ether oxygens (including phenoxy) is 3. The van der Waals surface area contributed by atoms with Gasteiger partial charge in [-0.25, -0.2) is 0 Å². The third-order valence-electron chi connectivity index (χ3n) is 2.10. The van der Waals surface area contributed by atoms with Crippen LogP contribution in [0.2, 0.25) is 0 Å². The van der Waals surface area contributed by atoms with Gasteiger partial charge in [-0.1, -0.05) is 0 Å². The van der Waals surface area contributed by atoms with Crippen LogP contribution in [0.25, 0.3) is 0 Å². The largest absolute Gasteiger partial charge is 0.496 e. The molecule has 15 heavy (non-hydrogen) atoms. The molecule has 0 aromatic heterocycles. The SMILES string of the molecule is COc1cc(OC)c(CN)c(OC)c1Br. The van der Waals surface area contributed by atoms with Crippen molar-refractivity contribution in [1.29, 1.82) is 0 Å². The van der Waals surface area contributed by atoms with Crippen molar-refractivity contribution in [2.45, 2.75) is 6.54 Å². The van der Waals surface area contributed by atoms with Gasteiger partial charge in [0.1, 0.15) is 21.7 Å². The lowest BCUT2D eigenvalue weighted by Crippen LogP contribution is -2.04. The molecular formula is C10H14BrNO3. The van der Waals surface area contributed by atoms with Crippen LogP contribution in [0.5, 0.6) is 17.2 Å². The van der Waals surface area contributed by atoms with Gasteiger partial charge in [-0.15, -0.1) is 0 Å². The fourth-order valence-electron chi connectivity index (χ4n) is 1.36. The predicted octanol–water partition coefficient (Wildman–Crippen LogP) is 1.93. The third kappa shape index (κ3) is 2.18. The van der Waals surface area contributed by atoms with Crippen LogP contribution in [0, 0.1) is 0 Å². The van der Waals surface area contributed by atoms with Crippen LogP contribution in [-0.4, -0.2) is 21.3 Å². The number of nitrogens with two attached hydrogens (primary N) is 1. The van der Waals surface area contributed by atoms with E-state index in [9.17, 15) is 0 Å². The van der Waals surface area contributed by atoms with Gasteiger partial charge in [0.05, 0.1) is 26.9 Å². The summed E-state index contributed by atoms with van der Waals surface area (Å²) in [5.41, 5.74) is 6.45. The van der Waals surface area contributed by atoms with Gasteiger partial charge in [0, 0.05) is 12.6 Å². The molecule has 0 unspecified atom stereocenters. The van der Waals surface area contributed by atoms with Crippen LogP contribution < -0.4 is 19.9 Å². The van der Waals surface area contributed by atoms with Gasteiger partial charge in [-0.05, 0) is 15.9 Å². The fourth-order valence-corrected chi connectivity index (χ4v) is 2.04. The normalized spacial score (nSPS) is 9.93. The van der Waals surface area contributed by atoms with Crippen LogP contribution in [-0.2, 0) is 6.54 Å². The summed E-state index contributed by atoms with van der Waals surface area (Å²) in [7, 11) is 4.75. The Kier molecular flexibility index (Phi) is 4.23. The standard InChI is InChI=1S/C10H14BrNO3/c1-13-7-4-8(14-2)9(11)10(15-3)6(7)5-12/h4H,5,12H2,1-3H3. The third-order valence-corrected chi connectivity index (χ3v) is 2.85. The molecule has 0 aliphatic rings. The average molecular weight is 276 g/mol. The van der Waals surface area contributed by atoms with Crippen LogP contribution in [0.3, 0.4) is 0 Å². The van der Waals surface area contributed by atoms with Crippen molar-refractivity contribution >= 4 is 15.9 Å². The Hall–Kier alpha value is -0.940. The van der Waals surface area contributed by atoms with Gasteiger partial charge in [-0.2, -0.15) is 0 Å². The molecule has 2 N–H and O–H groups in total. The van der Waals surface area contributed by atoms with E-state index in [1.165, 1.54) is 0 Å². The van der Waals surface area contributed by atoms with Crippen molar-refractivity contribution in [3.05, 3.63) is 16.1 Å². The first-order chi connectivity index (χ1) is 7.19. The molecule has 0 heterocycles. The number of hydrogen-bond donors (Lipinski definition) is 1. The van der Waals surface area contributed by atoms with E-state index in [0.29, 0.717) is 23.8 Å². The topological polar surface area (TPSA) is 53.7 Å². The zero-order chi connectivity index (χ0) is 11.4. The van der Waals surface area contributed by atoms with E-state index in [1.54, 1.807) is 27.4 Å². The van der Waals surface area contributed by atoms with E-state index in [-0.39, 0.29) is 0 Å². The van der Waals surface area contributed by atoms with Crippen molar-refractivity contribution in [3.8, 4) is 17.2 Å². The number of hydrogen-bond acceptors (Lipinski definition) is 4. The molecule has 0 fully saturated rings. The Balaban J connectivity index is 3.43. The van der Waals surface area contributed by atoms with E-state index in [1.807, 2.05) is 0 Å². The van der Waals surface area contributed by atoms with Crippen LogP contribution >= 0.6 is 15.9 Å². The number of halogens is 1. The molecule has 0 radical (unpaired) electrons. The summed E-state index contributed by atoms with van der Waals surface area (Å²) in [5, 5.41) is 0. The van der Waals surface area contributed by atoms with Crippen molar-refractivity contribution in [2.24, 2.45) is 5.73 Å². The summed E-state index contributed by atoms with van der Waals surface area (Å²) in [6.07, 6.45) is 0. The molecule has 0 saturated heterocycles. The van der Waals surface area contributed by atoms with Crippen molar-refractivity contribution in [2.75, 3.05) is 21.3 Å². The van der Waals surface area contributed by atoms with Crippen molar-refractivity contribution < 1.29 is 14.2 Å². The highest BCUT2D eigenvalue weighted by atomic mass is 79.9. The number of benzene rings is 1. The second-order valence-electron chi connectivity index (χ2n) is 2.81. The summed E-state index contributed by atoms with van der Waals surface area (Å²) < 4.78 is 16.4. The Labute approximate surface area is 97.4 Å². The molecule has 4 nitrogen and oxygen atoms in total. The Bertz CT molecular complexity index is 355. The smallest absolute Gasteiger partial charge is 0.145 e. The first-order valence-electron chi connectivity index (χ1n) is 4.37. The fraction of sp³-hybridized carbons (Fsp3) is 0.400. The highest BCUT2D eigenvalue weighted by Gasteiger charge is 2.17. The summed E-state index contributed by atoms with van der Waals surface area (Å²) >= 11 is 3.40. The minimum Gasteiger partial charge on any atom is -0.496 e. The Morgan fingerprint density at radius 1 is 1.13 bits per heavy atom. The zero-order valence-corrected chi connectivity index (χ0v) is 10.6. The van der Waals surface area contributed by atoms with E-state index in [0.717, 1.165) is 10.0 Å².